The van der Waals surface area contributed by atoms with E-state index in [1.54, 1.807) is 11.3 Å². The minimum Gasteiger partial charge on any atom is -0.486 e. The van der Waals surface area contributed by atoms with Crippen LogP contribution in [0.15, 0.2) is 48.5 Å². The standard InChI is InChI=1S/C14H10NOS/c1-2-6-11(7-3-1)16-10-14-15-12-8-4-5-9-13(12)17-14/h2-9H,10H2. The fraction of sp³-hybridized carbons (Fsp3) is 0.0714. The highest BCUT2D eigenvalue weighted by atomic mass is 32.1. The lowest BCUT2D eigenvalue weighted by atomic mass is 10.3. The van der Waals surface area contributed by atoms with Crippen molar-refractivity contribution in [2.45, 2.75) is 6.61 Å². The highest BCUT2D eigenvalue weighted by Gasteiger charge is 2.03. The van der Waals surface area contributed by atoms with Crippen molar-refractivity contribution in [3.05, 3.63) is 59.6 Å². The van der Waals surface area contributed by atoms with E-state index in [9.17, 15) is 0 Å². The first-order chi connectivity index (χ1) is 8.42. The Hall–Kier alpha value is -1.87. The van der Waals surface area contributed by atoms with E-state index in [1.807, 2.05) is 42.5 Å². The van der Waals surface area contributed by atoms with Gasteiger partial charge in [-0.2, -0.15) is 0 Å². The van der Waals surface area contributed by atoms with Crippen LogP contribution in [-0.2, 0) is 6.61 Å². The van der Waals surface area contributed by atoms with Gasteiger partial charge in [0, 0.05) is 0 Å². The predicted molar refractivity (Wildman–Crippen MR) is 69.2 cm³/mol. The molecule has 1 aromatic heterocycles. The van der Waals surface area contributed by atoms with Gasteiger partial charge in [-0.05, 0) is 30.3 Å². The summed E-state index contributed by atoms with van der Waals surface area (Å²) in [5, 5.41) is 0.999. The van der Waals surface area contributed by atoms with Crippen LogP contribution in [0, 0.1) is 6.07 Å². The number of ether oxygens (including phenoxy) is 1. The van der Waals surface area contributed by atoms with E-state index >= 15 is 0 Å². The summed E-state index contributed by atoms with van der Waals surface area (Å²) in [7, 11) is 0. The fourth-order valence-corrected chi connectivity index (χ4v) is 2.48. The minimum atomic E-state index is 0.517. The molecule has 0 aliphatic heterocycles. The van der Waals surface area contributed by atoms with Gasteiger partial charge in [0.25, 0.3) is 0 Å². The van der Waals surface area contributed by atoms with Gasteiger partial charge in [0.1, 0.15) is 17.4 Å². The molecule has 0 spiro atoms. The highest BCUT2D eigenvalue weighted by molar-refractivity contribution is 7.18. The first-order valence-corrected chi connectivity index (χ1v) is 6.17. The normalized spacial score (nSPS) is 10.6. The van der Waals surface area contributed by atoms with E-state index < -0.39 is 0 Å². The number of benzene rings is 2. The molecule has 3 rings (SSSR count). The predicted octanol–water partition coefficient (Wildman–Crippen LogP) is 3.68. The number of para-hydroxylation sites is 1. The molecular formula is C14H10NOS. The summed E-state index contributed by atoms with van der Waals surface area (Å²) in [6.07, 6.45) is 0. The van der Waals surface area contributed by atoms with Crippen molar-refractivity contribution in [2.24, 2.45) is 0 Å². The lowest BCUT2D eigenvalue weighted by molar-refractivity contribution is 0.306. The van der Waals surface area contributed by atoms with Gasteiger partial charge in [0.05, 0.1) is 10.2 Å². The van der Waals surface area contributed by atoms with Gasteiger partial charge in [0.15, 0.2) is 0 Å². The van der Waals surface area contributed by atoms with Crippen LogP contribution in [0.4, 0.5) is 0 Å². The molecule has 2 aromatic carbocycles. The van der Waals surface area contributed by atoms with E-state index in [0.717, 1.165) is 16.3 Å². The van der Waals surface area contributed by atoms with Gasteiger partial charge >= 0.3 is 0 Å². The molecule has 2 nitrogen and oxygen atoms in total. The number of aromatic nitrogens is 1. The first-order valence-electron chi connectivity index (χ1n) is 5.35. The zero-order valence-electron chi connectivity index (χ0n) is 9.09. The van der Waals surface area contributed by atoms with Gasteiger partial charge in [-0.15, -0.1) is 11.3 Å². The number of thiazole rings is 1. The summed E-state index contributed by atoms with van der Waals surface area (Å²) in [4.78, 5) is 4.51. The Kier molecular flexibility index (Phi) is 2.76. The summed E-state index contributed by atoms with van der Waals surface area (Å²) in [5.41, 5.74) is 1.04. The molecule has 83 valence electrons. The Bertz CT molecular complexity index is 585. The van der Waals surface area contributed by atoms with Crippen molar-refractivity contribution in [2.75, 3.05) is 0 Å². The Morgan fingerprint density at radius 1 is 1.12 bits per heavy atom. The summed E-state index contributed by atoms with van der Waals surface area (Å²) >= 11 is 1.67. The molecule has 17 heavy (non-hydrogen) atoms. The SMILES string of the molecule is [c]1ccc(OCc2nc3ccccc3s2)cc1. The number of rotatable bonds is 3. The van der Waals surface area contributed by atoms with Crippen LogP contribution < -0.4 is 4.74 Å². The summed E-state index contributed by atoms with van der Waals surface area (Å²) in [6, 6.07) is 18.6. The lowest BCUT2D eigenvalue weighted by Gasteiger charge is -2.02. The van der Waals surface area contributed by atoms with Gasteiger partial charge < -0.3 is 4.74 Å². The van der Waals surface area contributed by atoms with Crippen LogP contribution in [0.1, 0.15) is 5.01 Å². The second-order valence-corrected chi connectivity index (χ2v) is 4.71. The zero-order valence-corrected chi connectivity index (χ0v) is 9.91. The Balaban J connectivity index is 1.77. The number of nitrogens with zero attached hydrogens (tertiary/aromatic N) is 1. The second kappa shape index (κ2) is 4.55. The molecule has 0 fully saturated rings. The molecule has 0 saturated carbocycles. The van der Waals surface area contributed by atoms with Gasteiger partial charge in [-0.1, -0.05) is 24.3 Å². The van der Waals surface area contributed by atoms with E-state index in [1.165, 1.54) is 4.70 Å². The summed E-state index contributed by atoms with van der Waals surface area (Å²) in [6.45, 7) is 0.517. The van der Waals surface area contributed by atoms with Gasteiger partial charge in [0.2, 0.25) is 0 Å². The van der Waals surface area contributed by atoms with Gasteiger partial charge in [-0.3, -0.25) is 0 Å². The fourth-order valence-electron chi connectivity index (χ4n) is 1.59. The number of hydrogen-bond donors (Lipinski definition) is 0. The van der Waals surface area contributed by atoms with E-state index in [4.69, 9.17) is 4.74 Å². The molecule has 0 bridgehead atoms. The number of fused-ring (bicyclic) bond motifs is 1. The maximum atomic E-state index is 5.65. The van der Waals surface area contributed by atoms with Crippen molar-refractivity contribution < 1.29 is 4.74 Å². The number of hydrogen-bond acceptors (Lipinski definition) is 3. The lowest BCUT2D eigenvalue weighted by Crippen LogP contribution is -1.93. The Labute approximate surface area is 104 Å². The molecule has 0 N–H and O–H groups in total. The van der Waals surface area contributed by atoms with Crippen molar-refractivity contribution >= 4 is 21.6 Å². The summed E-state index contributed by atoms with van der Waals surface area (Å²) in [5.74, 6) is 0.850. The maximum absolute atomic E-state index is 5.65. The van der Waals surface area contributed by atoms with E-state index in [2.05, 4.69) is 17.1 Å². The monoisotopic (exact) mass is 240 g/mol. The van der Waals surface area contributed by atoms with Crippen LogP contribution in [0.25, 0.3) is 10.2 Å². The molecule has 0 atom stereocenters. The van der Waals surface area contributed by atoms with Crippen LogP contribution in [0.5, 0.6) is 5.75 Å². The molecule has 0 aliphatic carbocycles. The zero-order chi connectivity index (χ0) is 11.5. The third-order valence-electron chi connectivity index (χ3n) is 2.39. The first kappa shape index (κ1) is 10.3. The van der Waals surface area contributed by atoms with Crippen molar-refractivity contribution in [1.29, 1.82) is 0 Å². The maximum Gasteiger partial charge on any atom is 0.140 e. The third-order valence-corrected chi connectivity index (χ3v) is 3.40. The van der Waals surface area contributed by atoms with Crippen LogP contribution in [-0.4, -0.2) is 4.98 Å². The van der Waals surface area contributed by atoms with Crippen LogP contribution in [0.3, 0.4) is 0 Å². The van der Waals surface area contributed by atoms with Crippen molar-refractivity contribution in [1.82, 2.24) is 4.98 Å². The summed E-state index contributed by atoms with van der Waals surface area (Å²) < 4.78 is 6.85. The average molecular weight is 240 g/mol. The molecule has 0 aliphatic rings. The van der Waals surface area contributed by atoms with Gasteiger partial charge in [-0.25, -0.2) is 4.98 Å². The topological polar surface area (TPSA) is 22.1 Å². The second-order valence-electron chi connectivity index (χ2n) is 3.60. The largest absolute Gasteiger partial charge is 0.486 e. The minimum absolute atomic E-state index is 0.517. The molecule has 3 aromatic rings. The van der Waals surface area contributed by atoms with Crippen LogP contribution >= 0.6 is 11.3 Å². The highest BCUT2D eigenvalue weighted by Crippen LogP contribution is 2.22. The molecule has 3 heteroatoms. The molecular weight excluding hydrogens is 230 g/mol. The van der Waals surface area contributed by atoms with Crippen molar-refractivity contribution in [3.63, 3.8) is 0 Å². The Morgan fingerprint density at radius 3 is 2.76 bits per heavy atom. The molecule has 0 saturated heterocycles. The molecule has 1 radical (unpaired) electrons. The smallest absolute Gasteiger partial charge is 0.140 e. The Morgan fingerprint density at radius 2 is 1.94 bits per heavy atom. The van der Waals surface area contributed by atoms with E-state index in [-0.39, 0.29) is 0 Å². The molecule has 0 amide bonds. The molecule has 0 unspecified atom stereocenters. The molecule has 1 heterocycles. The average Bonchev–Trinajstić information content (AvgIpc) is 2.80. The van der Waals surface area contributed by atoms with Crippen LogP contribution in [0.2, 0.25) is 0 Å². The third kappa shape index (κ3) is 2.29. The van der Waals surface area contributed by atoms with Crippen molar-refractivity contribution in [3.8, 4) is 5.75 Å². The van der Waals surface area contributed by atoms with E-state index in [0.29, 0.717) is 6.61 Å². The quantitative estimate of drug-likeness (QED) is 0.696.